The fourth-order valence-corrected chi connectivity index (χ4v) is 2.15. The van der Waals surface area contributed by atoms with Gasteiger partial charge in [-0.3, -0.25) is 14.9 Å². The summed E-state index contributed by atoms with van der Waals surface area (Å²) < 4.78 is 0. The monoisotopic (exact) mass is 271 g/mol. The Morgan fingerprint density at radius 1 is 1.30 bits per heavy atom. The lowest BCUT2D eigenvalue weighted by atomic mass is 9.98. The van der Waals surface area contributed by atoms with Gasteiger partial charge in [0.15, 0.2) is 0 Å². The van der Waals surface area contributed by atoms with E-state index in [1.165, 1.54) is 12.1 Å². The van der Waals surface area contributed by atoms with Gasteiger partial charge in [-0.2, -0.15) is 5.26 Å². The Labute approximate surface area is 116 Å². The van der Waals surface area contributed by atoms with Crippen LogP contribution < -0.4 is 10.2 Å². The molecule has 2 rings (SSSR count). The van der Waals surface area contributed by atoms with Crippen molar-refractivity contribution < 1.29 is 14.4 Å². The molecule has 1 aliphatic heterocycles. The van der Waals surface area contributed by atoms with Gasteiger partial charge in [0, 0.05) is 0 Å². The van der Waals surface area contributed by atoms with Crippen molar-refractivity contribution in [3.05, 3.63) is 29.8 Å². The van der Waals surface area contributed by atoms with Gasteiger partial charge in [0.2, 0.25) is 11.8 Å². The van der Waals surface area contributed by atoms with Gasteiger partial charge in [0.05, 0.1) is 11.3 Å². The molecule has 1 atom stereocenters. The molecule has 0 bridgehead atoms. The van der Waals surface area contributed by atoms with Crippen molar-refractivity contribution in [1.82, 2.24) is 5.32 Å². The van der Waals surface area contributed by atoms with Crippen molar-refractivity contribution in [2.24, 2.45) is 5.92 Å². The first-order chi connectivity index (χ1) is 9.60. The smallest absolute Gasteiger partial charge is 0.277 e. The molecule has 6 nitrogen and oxygen atoms in total. The minimum atomic E-state index is -0.885. The van der Waals surface area contributed by atoms with Crippen molar-refractivity contribution in [2.75, 3.05) is 4.90 Å². The molecular formula is C14H13N3O3. The van der Waals surface area contributed by atoms with Crippen molar-refractivity contribution in [3.63, 3.8) is 0 Å². The number of amides is 4. The number of urea groups is 1. The van der Waals surface area contributed by atoms with Crippen LogP contribution in [0.15, 0.2) is 24.3 Å². The fourth-order valence-electron chi connectivity index (χ4n) is 2.15. The molecule has 1 saturated heterocycles. The number of nitrogens with one attached hydrogen (secondary N) is 1. The SMILES string of the molecule is CCCC1C(=O)NC(=O)N(c2ccccc2C#N)C1=O. The van der Waals surface area contributed by atoms with Crippen LogP contribution in [-0.4, -0.2) is 17.8 Å². The molecule has 20 heavy (non-hydrogen) atoms. The summed E-state index contributed by atoms with van der Waals surface area (Å²) >= 11 is 0. The molecule has 1 fully saturated rings. The maximum atomic E-state index is 12.3. The van der Waals surface area contributed by atoms with Gasteiger partial charge in [0.25, 0.3) is 0 Å². The number of hydrogen-bond acceptors (Lipinski definition) is 4. The highest BCUT2D eigenvalue weighted by molar-refractivity contribution is 6.28. The van der Waals surface area contributed by atoms with Gasteiger partial charge in [-0.1, -0.05) is 25.5 Å². The highest BCUT2D eigenvalue weighted by Crippen LogP contribution is 2.25. The standard InChI is InChI=1S/C14H13N3O3/c1-2-5-10-12(18)16-14(20)17(13(10)19)11-7-4-3-6-9(11)8-15/h3-4,6-7,10H,2,5H2,1H3,(H,16,18,20). The van der Waals surface area contributed by atoms with Crippen LogP contribution in [0.25, 0.3) is 0 Å². The molecule has 0 spiro atoms. The van der Waals surface area contributed by atoms with Gasteiger partial charge < -0.3 is 0 Å². The number of para-hydroxylation sites is 1. The zero-order valence-corrected chi connectivity index (χ0v) is 10.9. The Morgan fingerprint density at radius 2 is 2.00 bits per heavy atom. The number of carbonyl (C=O) groups excluding carboxylic acids is 3. The highest BCUT2D eigenvalue weighted by atomic mass is 16.2. The van der Waals surface area contributed by atoms with Gasteiger partial charge in [-0.15, -0.1) is 0 Å². The van der Waals surface area contributed by atoms with Crippen LogP contribution in [0.4, 0.5) is 10.5 Å². The summed E-state index contributed by atoms with van der Waals surface area (Å²) in [6.07, 6.45) is 1.01. The molecule has 1 aliphatic rings. The Hall–Kier alpha value is -2.68. The Kier molecular flexibility index (Phi) is 3.80. The average molecular weight is 271 g/mol. The molecule has 1 N–H and O–H groups in total. The normalized spacial score (nSPS) is 18.7. The highest BCUT2D eigenvalue weighted by Gasteiger charge is 2.41. The second-order valence-corrected chi connectivity index (χ2v) is 4.44. The third-order valence-corrected chi connectivity index (χ3v) is 3.11. The van der Waals surface area contributed by atoms with E-state index >= 15 is 0 Å². The molecule has 0 aliphatic carbocycles. The number of nitrogens with zero attached hydrogens (tertiary/aromatic N) is 2. The molecule has 102 valence electrons. The molecule has 1 aromatic rings. The van der Waals surface area contributed by atoms with Crippen LogP contribution in [0.3, 0.4) is 0 Å². The van der Waals surface area contributed by atoms with Crippen molar-refractivity contribution >= 4 is 23.5 Å². The van der Waals surface area contributed by atoms with Crippen LogP contribution in [0.1, 0.15) is 25.3 Å². The minimum Gasteiger partial charge on any atom is -0.277 e. The summed E-state index contributed by atoms with van der Waals surface area (Å²) in [4.78, 5) is 36.8. The van der Waals surface area contributed by atoms with Gasteiger partial charge in [-0.05, 0) is 18.6 Å². The molecule has 4 amide bonds. The lowest BCUT2D eigenvalue weighted by Gasteiger charge is -2.30. The number of rotatable bonds is 3. The molecular weight excluding hydrogens is 258 g/mol. The van der Waals surface area contributed by atoms with Gasteiger partial charge in [0.1, 0.15) is 12.0 Å². The first-order valence-corrected chi connectivity index (χ1v) is 6.28. The van der Waals surface area contributed by atoms with E-state index in [1.54, 1.807) is 12.1 Å². The number of anilines is 1. The van der Waals surface area contributed by atoms with Crippen LogP contribution >= 0.6 is 0 Å². The second kappa shape index (κ2) is 5.53. The topological polar surface area (TPSA) is 90.3 Å². The molecule has 0 saturated carbocycles. The van der Waals surface area contributed by atoms with E-state index in [-0.39, 0.29) is 11.3 Å². The number of hydrogen-bond donors (Lipinski definition) is 1. The fraction of sp³-hybridized carbons (Fsp3) is 0.286. The predicted molar refractivity (Wildman–Crippen MR) is 70.6 cm³/mol. The molecule has 0 radical (unpaired) electrons. The first kappa shape index (κ1) is 13.7. The minimum absolute atomic E-state index is 0.200. The Balaban J connectivity index is 2.44. The number of barbiturate groups is 1. The molecule has 6 heteroatoms. The van der Waals surface area contributed by atoms with Crippen molar-refractivity contribution in [3.8, 4) is 6.07 Å². The lowest BCUT2D eigenvalue weighted by molar-refractivity contribution is -0.134. The van der Waals surface area contributed by atoms with Crippen LogP contribution in [-0.2, 0) is 9.59 Å². The van der Waals surface area contributed by atoms with E-state index in [0.29, 0.717) is 12.8 Å². The van der Waals surface area contributed by atoms with E-state index in [2.05, 4.69) is 5.32 Å². The van der Waals surface area contributed by atoms with Gasteiger partial charge >= 0.3 is 6.03 Å². The van der Waals surface area contributed by atoms with Gasteiger partial charge in [-0.25, -0.2) is 9.69 Å². The van der Waals surface area contributed by atoms with E-state index in [4.69, 9.17) is 5.26 Å². The first-order valence-electron chi connectivity index (χ1n) is 6.28. The van der Waals surface area contributed by atoms with Crippen LogP contribution in [0.5, 0.6) is 0 Å². The van der Waals surface area contributed by atoms with E-state index < -0.39 is 23.8 Å². The molecule has 1 heterocycles. The molecule has 1 aromatic carbocycles. The second-order valence-electron chi connectivity index (χ2n) is 4.44. The molecule has 1 unspecified atom stereocenters. The van der Waals surface area contributed by atoms with Crippen molar-refractivity contribution in [1.29, 1.82) is 5.26 Å². The summed E-state index contributed by atoms with van der Waals surface area (Å²) in [6, 6.07) is 7.42. The third-order valence-electron chi connectivity index (χ3n) is 3.11. The Morgan fingerprint density at radius 3 is 2.65 bits per heavy atom. The summed E-state index contributed by atoms with van der Waals surface area (Å²) in [7, 11) is 0. The largest absolute Gasteiger partial charge is 0.335 e. The summed E-state index contributed by atoms with van der Waals surface area (Å²) in [6.45, 7) is 1.85. The average Bonchev–Trinajstić information content (AvgIpc) is 2.44. The number of benzene rings is 1. The number of carbonyl (C=O) groups is 3. The quantitative estimate of drug-likeness (QED) is 0.844. The van der Waals surface area contributed by atoms with E-state index in [9.17, 15) is 14.4 Å². The van der Waals surface area contributed by atoms with Crippen LogP contribution in [0.2, 0.25) is 0 Å². The zero-order chi connectivity index (χ0) is 14.7. The number of nitriles is 1. The molecule has 0 aromatic heterocycles. The maximum absolute atomic E-state index is 12.3. The summed E-state index contributed by atoms with van der Waals surface area (Å²) in [5, 5.41) is 11.2. The van der Waals surface area contributed by atoms with E-state index in [0.717, 1.165) is 4.90 Å². The Bertz CT molecular complexity index is 618. The number of imide groups is 2. The predicted octanol–water partition coefficient (Wildman–Crippen LogP) is 1.56. The summed E-state index contributed by atoms with van der Waals surface area (Å²) in [5.74, 6) is -2.04. The third kappa shape index (κ3) is 2.26. The lowest BCUT2D eigenvalue weighted by Crippen LogP contribution is -2.58. The zero-order valence-electron chi connectivity index (χ0n) is 10.9. The van der Waals surface area contributed by atoms with E-state index in [1.807, 2.05) is 13.0 Å². The van der Waals surface area contributed by atoms with Crippen molar-refractivity contribution in [2.45, 2.75) is 19.8 Å². The summed E-state index contributed by atoms with van der Waals surface area (Å²) in [5.41, 5.74) is 0.409. The van der Waals surface area contributed by atoms with Crippen LogP contribution in [0, 0.1) is 17.2 Å². The maximum Gasteiger partial charge on any atom is 0.335 e.